The Balaban J connectivity index is 3.30. The van der Waals surface area contributed by atoms with Crippen LogP contribution in [0.1, 0.15) is 200 Å². The number of rotatable bonds is 33. The highest BCUT2D eigenvalue weighted by Crippen LogP contribution is 2.18. The predicted octanol–water partition coefficient (Wildman–Crippen LogP) is 12.1. The molecule has 0 rings (SSSR count). The van der Waals surface area contributed by atoms with E-state index in [9.17, 15) is 14.7 Å². The molecule has 4 heteroatoms. The van der Waals surface area contributed by atoms with Gasteiger partial charge in [-0.2, -0.15) is 0 Å². The lowest BCUT2D eigenvalue weighted by atomic mass is 9.97. The Morgan fingerprint density at radius 1 is 0.537 bits per heavy atom. The van der Waals surface area contributed by atoms with Gasteiger partial charge in [0.1, 0.15) is 0 Å². The molecule has 0 aliphatic rings. The molecule has 1 N–H and O–H groups in total. The number of hydrogen-bond donors (Lipinski definition) is 1. The summed E-state index contributed by atoms with van der Waals surface area (Å²) in [4.78, 5) is 23.1. The van der Waals surface area contributed by atoms with E-state index in [1.54, 1.807) is 0 Å². The molecular formula is C37H70O4. The smallest absolute Gasteiger partial charge is 0.307 e. The number of allylic oxidation sites excluding steroid dienone is 2. The van der Waals surface area contributed by atoms with Gasteiger partial charge in [-0.1, -0.05) is 167 Å². The first-order chi connectivity index (χ1) is 20.1. The third-order valence-corrected chi connectivity index (χ3v) is 8.29. The molecule has 0 bridgehead atoms. The molecule has 0 saturated heterocycles. The molecule has 0 spiro atoms. The van der Waals surface area contributed by atoms with Crippen molar-refractivity contribution in [1.29, 1.82) is 0 Å². The van der Waals surface area contributed by atoms with E-state index < -0.39 is 11.9 Å². The molecule has 0 heterocycles. The third kappa shape index (κ3) is 31.4. The van der Waals surface area contributed by atoms with E-state index in [0.29, 0.717) is 13.0 Å². The standard InChI is InChI=1S/C37H70O4/c1-3-5-6-7-8-9-10-11-12-13-14-15-16-17-18-19-20-21-22-23-24-25-26-27-28-29-30-31-32-35(37(39)40)34-36(38)41-33-4-2/h15-16,35H,3-14,17-34H2,1-2H3,(H,39,40)/b16-15+. The zero-order valence-electron chi connectivity index (χ0n) is 27.6. The van der Waals surface area contributed by atoms with Crippen molar-refractivity contribution in [2.24, 2.45) is 5.92 Å². The average Bonchev–Trinajstić information content (AvgIpc) is 2.96. The highest BCUT2D eigenvalue weighted by Gasteiger charge is 2.21. The van der Waals surface area contributed by atoms with Crippen LogP contribution >= 0.6 is 0 Å². The highest BCUT2D eigenvalue weighted by atomic mass is 16.5. The van der Waals surface area contributed by atoms with Crippen molar-refractivity contribution in [3.8, 4) is 0 Å². The maximum Gasteiger partial charge on any atom is 0.307 e. The van der Waals surface area contributed by atoms with Crippen molar-refractivity contribution in [2.45, 2.75) is 200 Å². The molecule has 242 valence electrons. The monoisotopic (exact) mass is 579 g/mol. The summed E-state index contributed by atoms with van der Waals surface area (Å²) in [6.45, 7) is 4.60. The van der Waals surface area contributed by atoms with Crippen LogP contribution in [0.2, 0.25) is 0 Å². The largest absolute Gasteiger partial charge is 0.481 e. The second kappa shape index (κ2) is 33.2. The Morgan fingerprint density at radius 3 is 1.27 bits per heavy atom. The van der Waals surface area contributed by atoms with Crippen LogP contribution in [0.25, 0.3) is 0 Å². The summed E-state index contributed by atoms with van der Waals surface area (Å²) in [5.41, 5.74) is 0. The van der Waals surface area contributed by atoms with Gasteiger partial charge in [-0.15, -0.1) is 0 Å². The number of aliphatic carboxylic acids is 1. The van der Waals surface area contributed by atoms with Gasteiger partial charge in [0.05, 0.1) is 18.9 Å². The van der Waals surface area contributed by atoms with Gasteiger partial charge in [0, 0.05) is 0 Å². The van der Waals surface area contributed by atoms with Crippen LogP contribution in [0.3, 0.4) is 0 Å². The van der Waals surface area contributed by atoms with Gasteiger partial charge in [-0.25, -0.2) is 0 Å². The van der Waals surface area contributed by atoms with Gasteiger partial charge in [0.2, 0.25) is 0 Å². The first kappa shape index (κ1) is 39.7. The molecule has 0 aromatic carbocycles. The van der Waals surface area contributed by atoms with Gasteiger partial charge in [0.25, 0.3) is 0 Å². The Labute approximate surface area is 255 Å². The van der Waals surface area contributed by atoms with Crippen LogP contribution in [0.15, 0.2) is 12.2 Å². The Hall–Kier alpha value is -1.32. The predicted molar refractivity (Wildman–Crippen MR) is 176 cm³/mol. The van der Waals surface area contributed by atoms with Crippen LogP contribution in [0, 0.1) is 5.92 Å². The summed E-state index contributed by atoms with van der Waals surface area (Å²) >= 11 is 0. The van der Waals surface area contributed by atoms with E-state index in [1.807, 2.05) is 6.92 Å². The Morgan fingerprint density at radius 2 is 0.902 bits per heavy atom. The lowest BCUT2D eigenvalue weighted by Gasteiger charge is -2.11. The molecule has 0 aliphatic carbocycles. The second-order valence-corrected chi connectivity index (χ2v) is 12.4. The van der Waals surface area contributed by atoms with Crippen LogP contribution in [-0.2, 0) is 14.3 Å². The van der Waals surface area contributed by atoms with Gasteiger partial charge >= 0.3 is 11.9 Å². The zero-order valence-corrected chi connectivity index (χ0v) is 27.6. The number of carboxylic acids is 1. The van der Waals surface area contributed by atoms with Crippen molar-refractivity contribution in [3.05, 3.63) is 12.2 Å². The van der Waals surface area contributed by atoms with Crippen LogP contribution < -0.4 is 0 Å². The first-order valence-corrected chi connectivity index (χ1v) is 18.1. The van der Waals surface area contributed by atoms with Crippen molar-refractivity contribution in [2.75, 3.05) is 6.61 Å². The molecule has 0 radical (unpaired) electrons. The van der Waals surface area contributed by atoms with E-state index in [0.717, 1.165) is 19.3 Å². The first-order valence-electron chi connectivity index (χ1n) is 18.1. The minimum Gasteiger partial charge on any atom is -0.481 e. The van der Waals surface area contributed by atoms with Gasteiger partial charge in [0.15, 0.2) is 0 Å². The minimum atomic E-state index is -0.874. The molecule has 0 aromatic heterocycles. The second-order valence-electron chi connectivity index (χ2n) is 12.4. The van der Waals surface area contributed by atoms with Gasteiger partial charge in [-0.05, 0) is 38.5 Å². The molecule has 0 aromatic rings. The van der Waals surface area contributed by atoms with Crippen LogP contribution in [-0.4, -0.2) is 23.7 Å². The van der Waals surface area contributed by atoms with Gasteiger partial charge < -0.3 is 9.84 Å². The van der Waals surface area contributed by atoms with Crippen molar-refractivity contribution < 1.29 is 19.4 Å². The third-order valence-electron chi connectivity index (χ3n) is 8.29. The SMILES string of the molecule is CCCCCCCCCCCC/C=C/CCCCCCCCCCCCCCCCC(CC(=O)OCCC)C(=O)O. The summed E-state index contributed by atoms with van der Waals surface area (Å²) in [6.07, 6.45) is 41.0. The lowest BCUT2D eigenvalue weighted by molar-refractivity contribution is -0.151. The molecule has 1 atom stereocenters. The van der Waals surface area contributed by atoms with E-state index in [-0.39, 0.29) is 12.4 Å². The number of carbonyl (C=O) groups excluding carboxylic acids is 1. The molecule has 1 unspecified atom stereocenters. The van der Waals surface area contributed by atoms with Crippen molar-refractivity contribution in [3.63, 3.8) is 0 Å². The molecule has 0 amide bonds. The number of unbranched alkanes of at least 4 members (excludes halogenated alkanes) is 24. The molecule has 0 fully saturated rings. The molecular weight excluding hydrogens is 508 g/mol. The quantitative estimate of drug-likeness (QED) is 0.0478. The molecule has 41 heavy (non-hydrogen) atoms. The molecule has 0 aliphatic heterocycles. The number of ether oxygens (including phenoxy) is 1. The van der Waals surface area contributed by atoms with Crippen molar-refractivity contribution in [1.82, 2.24) is 0 Å². The lowest BCUT2D eigenvalue weighted by Crippen LogP contribution is -2.19. The molecule has 0 saturated carbocycles. The normalized spacial score (nSPS) is 12.2. The van der Waals surface area contributed by atoms with E-state index in [1.165, 1.54) is 154 Å². The number of hydrogen-bond acceptors (Lipinski definition) is 3. The van der Waals surface area contributed by atoms with E-state index in [4.69, 9.17) is 4.74 Å². The summed E-state index contributed by atoms with van der Waals surface area (Å²) in [6, 6.07) is 0. The number of carbonyl (C=O) groups is 2. The topological polar surface area (TPSA) is 63.6 Å². The Kier molecular flexibility index (Phi) is 32.1. The van der Waals surface area contributed by atoms with E-state index >= 15 is 0 Å². The Bertz CT molecular complexity index is 585. The fourth-order valence-electron chi connectivity index (χ4n) is 5.55. The maximum absolute atomic E-state index is 11.7. The summed E-state index contributed by atoms with van der Waals surface area (Å²) in [7, 11) is 0. The fourth-order valence-corrected chi connectivity index (χ4v) is 5.55. The summed E-state index contributed by atoms with van der Waals surface area (Å²) < 4.78 is 5.03. The summed E-state index contributed by atoms with van der Waals surface area (Å²) in [5.74, 6) is -1.85. The highest BCUT2D eigenvalue weighted by molar-refractivity contribution is 5.78. The average molecular weight is 579 g/mol. The maximum atomic E-state index is 11.7. The van der Waals surface area contributed by atoms with Crippen molar-refractivity contribution >= 4 is 11.9 Å². The number of esters is 1. The number of carboxylic acid groups (broad SMARTS) is 1. The summed E-state index contributed by atoms with van der Waals surface area (Å²) in [5, 5.41) is 9.34. The fraction of sp³-hybridized carbons (Fsp3) is 0.892. The molecule has 4 nitrogen and oxygen atoms in total. The zero-order chi connectivity index (χ0) is 30.1. The van der Waals surface area contributed by atoms with E-state index in [2.05, 4.69) is 19.1 Å². The minimum absolute atomic E-state index is 0.00614. The van der Waals surface area contributed by atoms with Gasteiger partial charge in [-0.3, -0.25) is 9.59 Å². The van der Waals surface area contributed by atoms with Crippen LogP contribution in [0.4, 0.5) is 0 Å². The van der Waals surface area contributed by atoms with Crippen LogP contribution in [0.5, 0.6) is 0 Å².